The minimum atomic E-state index is -0.573. The molecule has 0 aliphatic rings. The van der Waals surface area contributed by atoms with Gasteiger partial charge in [0.15, 0.2) is 0 Å². The molecule has 0 aliphatic carbocycles. The van der Waals surface area contributed by atoms with Crippen molar-refractivity contribution in [2.24, 2.45) is 5.92 Å². The van der Waals surface area contributed by atoms with Crippen molar-refractivity contribution in [3.63, 3.8) is 0 Å². The fourth-order valence-electron chi connectivity index (χ4n) is 2.01. The number of hydrogen-bond donors (Lipinski definition) is 0. The van der Waals surface area contributed by atoms with Crippen LogP contribution in [0.15, 0.2) is 18.2 Å². The Kier molecular flexibility index (Phi) is 4.86. The monoisotopic (exact) mass is 343 g/mol. The minimum Gasteiger partial charge on any atom is -0.314 e. The quantitative estimate of drug-likeness (QED) is 0.775. The highest BCUT2D eigenvalue weighted by atomic mass is 79.9. The van der Waals surface area contributed by atoms with Gasteiger partial charge in [0.1, 0.15) is 23.3 Å². The van der Waals surface area contributed by atoms with E-state index in [-0.39, 0.29) is 0 Å². The summed E-state index contributed by atoms with van der Waals surface area (Å²) in [5.41, 5.74) is 0.421. The Bertz CT molecular complexity index is 596. The van der Waals surface area contributed by atoms with Gasteiger partial charge in [-0.3, -0.25) is 0 Å². The molecule has 0 saturated carbocycles. The van der Waals surface area contributed by atoms with E-state index in [1.807, 2.05) is 4.57 Å². The van der Waals surface area contributed by atoms with E-state index in [0.29, 0.717) is 29.1 Å². The van der Waals surface area contributed by atoms with Crippen LogP contribution in [0.4, 0.5) is 8.78 Å². The van der Waals surface area contributed by atoms with E-state index in [4.69, 9.17) is 0 Å². The summed E-state index contributed by atoms with van der Waals surface area (Å²) in [6.45, 7) is 4.96. The van der Waals surface area contributed by atoms with Crippen molar-refractivity contribution in [1.29, 1.82) is 0 Å². The van der Waals surface area contributed by atoms with Crippen molar-refractivity contribution < 1.29 is 8.78 Å². The van der Waals surface area contributed by atoms with Crippen molar-refractivity contribution >= 4 is 15.9 Å². The zero-order chi connectivity index (χ0) is 14.7. The second-order valence-corrected chi connectivity index (χ2v) is 5.64. The fraction of sp³-hybridized carbons (Fsp3) is 0.429. The summed E-state index contributed by atoms with van der Waals surface area (Å²) >= 11 is 3.37. The molecule has 6 heteroatoms. The minimum absolute atomic E-state index is 0.304. The lowest BCUT2D eigenvalue weighted by Crippen LogP contribution is -2.12. The summed E-state index contributed by atoms with van der Waals surface area (Å²) in [6, 6.07) is 3.60. The van der Waals surface area contributed by atoms with E-state index in [0.717, 1.165) is 18.4 Å². The molecule has 0 saturated heterocycles. The van der Waals surface area contributed by atoms with Gasteiger partial charge in [0.25, 0.3) is 0 Å². The number of aromatic nitrogens is 3. The Morgan fingerprint density at radius 3 is 2.50 bits per heavy atom. The van der Waals surface area contributed by atoms with Gasteiger partial charge in [-0.15, -0.1) is 10.2 Å². The normalized spacial score (nSPS) is 11.3. The van der Waals surface area contributed by atoms with E-state index < -0.39 is 11.6 Å². The molecule has 2 aromatic rings. The maximum atomic E-state index is 13.7. The van der Waals surface area contributed by atoms with Crippen molar-refractivity contribution in [1.82, 2.24) is 14.8 Å². The summed E-state index contributed by atoms with van der Waals surface area (Å²) in [5, 5.41) is 8.82. The predicted octanol–water partition coefficient (Wildman–Crippen LogP) is 3.70. The molecule has 0 unspecified atom stereocenters. The zero-order valence-corrected chi connectivity index (χ0v) is 13.0. The molecule has 1 heterocycles. The second kappa shape index (κ2) is 6.43. The number of hydrogen-bond acceptors (Lipinski definition) is 2. The third-order valence-corrected chi connectivity index (χ3v) is 3.44. The van der Waals surface area contributed by atoms with Gasteiger partial charge in [-0.25, -0.2) is 8.78 Å². The summed E-state index contributed by atoms with van der Waals surface area (Å²) in [5.74, 6) is 0.816. The third kappa shape index (κ3) is 3.42. The van der Waals surface area contributed by atoms with Gasteiger partial charge < -0.3 is 4.57 Å². The molecule has 3 nitrogen and oxygen atoms in total. The van der Waals surface area contributed by atoms with Gasteiger partial charge >= 0.3 is 0 Å². The van der Waals surface area contributed by atoms with Gasteiger partial charge in [0, 0.05) is 19.0 Å². The summed E-state index contributed by atoms with van der Waals surface area (Å²) in [6.07, 6.45) is 0.304. The van der Waals surface area contributed by atoms with Crippen LogP contribution in [-0.4, -0.2) is 14.8 Å². The van der Waals surface area contributed by atoms with Crippen LogP contribution in [0.5, 0.6) is 0 Å². The Hall–Kier alpha value is -1.30. The first-order valence-corrected chi connectivity index (χ1v) is 7.54. The summed E-state index contributed by atoms with van der Waals surface area (Å²) < 4.78 is 28.6. The van der Waals surface area contributed by atoms with Crippen LogP contribution in [-0.2, 0) is 18.3 Å². The first kappa shape index (κ1) is 15.1. The molecule has 0 radical (unpaired) electrons. The number of alkyl halides is 1. The number of benzene rings is 1. The molecule has 2 rings (SSSR count). The molecule has 108 valence electrons. The zero-order valence-electron chi connectivity index (χ0n) is 11.4. The van der Waals surface area contributed by atoms with Gasteiger partial charge in [0.2, 0.25) is 0 Å². The van der Waals surface area contributed by atoms with Gasteiger partial charge in [-0.1, -0.05) is 35.8 Å². The van der Waals surface area contributed by atoms with E-state index in [1.165, 1.54) is 12.1 Å². The topological polar surface area (TPSA) is 30.7 Å². The van der Waals surface area contributed by atoms with Gasteiger partial charge in [-0.2, -0.15) is 0 Å². The fourth-order valence-corrected chi connectivity index (χ4v) is 2.43. The molecular formula is C14H16BrF2N3. The second-order valence-electron chi connectivity index (χ2n) is 5.08. The average molecular weight is 344 g/mol. The Balaban J connectivity index is 2.30. The first-order chi connectivity index (χ1) is 9.51. The van der Waals surface area contributed by atoms with Gasteiger partial charge in [0.05, 0.1) is 5.33 Å². The summed E-state index contributed by atoms with van der Waals surface area (Å²) in [7, 11) is 0. The standard InChI is InChI=1S/C14H16BrF2N3/c1-9(2)8-20-13(18-19-14(20)7-15)5-10-3-4-11(16)6-12(10)17/h3-4,6,9H,5,7-8H2,1-2H3. The highest BCUT2D eigenvalue weighted by Gasteiger charge is 2.14. The van der Waals surface area contributed by atoms with E-state index in [9.17, 15) is 8.78 Å². The highest BCUT2D eigenvalue weighted by Crippen LogP contribution is 2.16. The van der Waals surface area contributed by atoms with Crippen molar-refractivity contribution in [3.05, 3.63) is 47.0 Å². The molecule has 0 spiro atoms. The first-order valence-electron chi connectivity index (χ1n) is 6.42. The molecule has 0 fully saturated rings. The number of rotatable bonds is 5. The maximum absolute atomic E-state index is 13.7. The predicted molar refractivity (Wildman–Crippen MR) is 76.7 cm³/mol. The average Bonchev–Trinajstić information content (AvgIpc) is 2.74. The number of nitrogens with zero attached hydrogens (tertiary/aromatic N) is 3. The Morgan fingerprint density at radius 2 is 1.90 bits per heavy atom. The molecule has 0 amide bonds. The molecule has 0 bridgehead atoms. The largest absolute Gasteiger partial charge is 0.314 e. The van der Waals surface area contributed by atoms with E-state index in [1.54, 1.807) is 0 Å². The van der Waals surface area contributed by atoms with Gasteiger partial charge in [-0.05, 0) is 17.5 Å². The Morgan fingerprint density at radius 1 is 1.20 bits per heavy atom. The number of halogens is 3. The van der Waals surface area contributed by atoms with Crippen molar-refractivity contribution in [2.75, 3.05) is 0 Å². The summed E-state index contributed by atoms with van der Waals surface area (Å²) in [4.78, 5) is 0. The molecular weight excluding hydrogens is 328 g/mol. The van der Waals surface area contributed by atoms with Crippen molar-refractivity contribution in [3.8, 4) is 0 Å². The molecule has 0 atom stereocenters. The smallest absolute Gasteiger partial charge is 0.143 e. The van der Waals surface area contributed by atoms with Crippen LogP contribution in [0.2, 0.25) is 0 Å². The molecule has 1 aromatic heterocycles. The Labute approximate surface area is 125 Å². The lowest BCUT2D eigenvalue weighted by molar-refractivity contribution is 0.498. The van der Waals surface area contributed by atoms with Crippen LogP contribution in [0, 0.1) is 17.6 Å². The van der Waals surface area contributed by atoms with Crippen LogP contribution >= 0.6 is 15.9 Å². The lowest BCUT2D eigenvalue weighted by Gasteiger charge is -2.12. The van der Waals surface area contributed by atoms with Crippen LogP contribution in [0.1, 0.15) is 31.1 Å². The maximum Gasteiger partial charge on any atom is 0.143 e. The van der Waals surface area contributed by atoms with Crippen LogP contribution in [0.25, 0.3) is 0 Å². The van der Waals surface area contributed by atoms with Crippen LogP contribution in [0.3, 0.4) is 0 Å². The molecule has 1 aromatic carbocycles. The lowest BCUT2D eigenvalue weighted by atomic mass is 10.1. The van der Waals surface area contributed by atoms with Crippen LogP contribution < -0.4 is 0 Å². The molecule has 0 N–H and O–H groups in total. The van der Waals surface area contributed by atoms with E-state index in [2.05, 4.69) is 40.0 Å². The van der Waals surface area contributed by atoms with Crippen molar-refractivity contribution in [2.45, 2.75) is 32.1 Å². The highest BCUT2D eigenvalue weighted by molar-refractivity contribution is 9.08. The molecule has 0 aliphatic heterocycles. The molecule has 20 heavy (non-hydrogen) atoms. The SMILES string of the molecule is CC(C)Cn1c(CBr)nnc1Cc1ccc(F)cc1F. The van der Waals surface area contributed by atoms with E-state index >= 15 is 0 Å². The third-order valence-electron chi connectivity index (χ3n) is 2.93.